The molecule has 0 bridgehead atoms. The number of aliphatic hydroxyl groups excluding tert-OH is 1. The molecule has 5 rings (SSSR count). The molecule has 33 heavy (non-hydrogen) atoms. The Balaban J connectivity index is 1.49. The van der Waals surface area contributed by atoms with Crippen LogP contribution in [0.2, 0.25) is 0 Å². The summed E-state index contributed by atoms with van der Waals surface area (Å²) in [5.41, 5.74) is 1.93. The Morgan fingerprint density at radius 2 is 1.94 bits per heavy atom. The van der Waals surface area contributed by atoms with Crippen LogP contribution in [0.4, 0.5) is 0 Å². The summed E-state index contributed by atoms with van der Waals surface area (Å²) in [6.07, 6.45) is 9.43. The molecular weight excluding hydrogens is 418 g/mol. The van der Waals surface area contributed by atoms with Gasteiger partial charge in [-0.2, -0.15) is 5.10 Å². The Bertz CT molecular complexity index is 1310. The van der Waals surface area contributed by atoms with E-state index in [0.717, 1.165) is 24.0 Å². The molecule has 2 atom stereocenters. The predicted octanol–water partition coefficient (Wildman–Crippen LogP) is 2.83. The van der Waals surface area contributed by atoms with Gasteiger partial charge >= 0.3 is 0 Å². The van der Waals surface area contributed by atoms with Gasteiger partial charge in [0, 0.05) is 24.1 Å². The molecule has 0 spiro atoms. The molecule has 0 unspecified atom stereocenters. The second-order valence-corrected chi connectivity index (χ2v) is 8.36. The summed E-state index contributed by atoms with van der Waals surface area (Å²) in [6, 6.07) is 14.0. The summed E-state index contributed by atoms with van der Waals surface area (Å²) in [5.74, 6) is -0.387. The van der Waals surface area contributed by atoms with Gasteiger partial charge in [-0.25, -0.2) is 4.68 Å². The summed E-state index contributed by atoms with van der Waals surface area (Å²) >= 11 is 0. The van der Waals surface area contributed by atoms with E-state index < -0.39 is 6.10 Å². The molecule has 168 valence electrons. The molecular formula is C25H25N5O3. The number of amides is 1. The maximum absolute atomic E-state index is 13.7. The molecule has 8 heteroatoms. The SMILES string of the molecule is O=C(c1ccc2ccccn2c1=O)N(Cc1ccc(-n2cccn2)cn1)[C@H]1CCCC[C@@H]1O. The highest BCUT2D eigenvalue weighted by molar-refractivity contribution is 5.94. The monoisotopic (exact) mass is 443 g/mol. The summed E-state index contributed by atoms with van der Waals surface area (Å²) < 4.78 is 3.18. The van der Waals surface area contributed by atoms with E-state index in [-0.39, 0.29) is 29.6 Å². The first-order chi connectivity index (χ1) is 16.1. The van der Waals surface area contributed by atoms with Crippen molar-refractivity contribution in [3.8, 4) is 5.69 Å². The average molecular weight is 444 g/mol. The topological polar surface area (TPSA) is 92.7 Å². The molecule has 4 aromatic rings. The van der Waals surface area contributed by atoms with Crippen molar-refractivity contribution in [1.82, 2.24) is 24.1 Å². The molecule has 0 saturated heterocycles. The van der Waals surface area contributed by atoms with E-state index in [9.17, 15) is 14.7 Å². The minimum Gasteiger partial charge on any atom is -0.391 e. The summed E-state index contributed by atoms with van der Waals surface area (Å²) in [6.45, 7) is 0.205. The lowest BCUT2D eigenvalue weighted by Crippen LogP contribution is -2.49. The first-order valence-corrected chi connectivity index (χ1v) is 11.2. The van der Waals surface area contributed by atoms with E-state index in [1.54, 1.807) is 46.4 Å². The highest BCUT2D eigenvalue weighted by Gasteiger charge is 2.33. The van der Waals surface area contributed by atoms with Gasteiger partial charge in [0.05, 0.1) is 36.3 Å². The van der Waals surface area contributed by atoms with Crippen LogP contribution in [-0.2, 0) is 6.54 Å². The van der Waals surface area contributed by atoms with Crippen LogP contribution in [0, 0.1) is 0 Å². The van der Waals surface area contributed by atoms with Crippen molar-refractivity contribution in [2.75, 3.05) is 0 Å². The third-order valence-electron chi connectivity index (χ3n) is 6.26. The van der Waals surface area contributed by atoms with E-state index in [2.05, 4.69) is 10.1 Å². The summed E-state index contributed by atoms with van der Waals surface area (Å²) in [5, 5.41) is 14.9. The number of pyridine rings is 3. The van der Waals surface area contributed by atoms with Crippen LogP contribution in [0.1, 0.15) is 41.7 Å². The molecule has 1 aliphatic carbocycles. The first kappa shape index (κ1) is 21.1. The van der Waals surface area contributed by atoms with Gasteiger partial charge in [-0.1, -0.05) is 18.9 Å². The number of aliphatic hydroxyl groups is 1. The van der Waals surface area contributed by atoms with E-state index in [1.807, 2.05) is 36.5 Å². The Morgan fingerprint density at radius 1 is 1.06 bits per heavy atom. The minimum atomic E-state index is -0.630. The Kier molecular flexibility index (Phi) is 5.75. The fraction of sp³-hybridized carbons (Fsp3) is 0.280. The zero-order chi connectivity index (χ0) is 22.8. The van der Waals surface area contributed by atoms with Crippen molar-refractivity contribution in [1.29, 1.82) is 0 Å². The standard InChI is InChI=1S/C25H25N5O3/c31-23-8-2-1-7-22(23)29(17-18-9-10-20(16-26-18)30-15-5-13-27-30)25(33)21-12-11-19-6-3-4-14-28(19)24(21)32/h3-6,9-16,22-23,31H,1-2,7-8,17H2/t22-,23-/m0/s1. The average Bonchev–Trinajstić information content (AvgIpc) is 3.39. The Morgan fingerprint density at radius 3 is 2.70 bits per heavy atom. The predicted molar refractivity (Wildman–Crippen MR) is 123 cm³/mol. The number of nitrogens with zero attached hydrogens (tertiary/aromatic N) is 5. The lowest BCUT2D eigenvalue weighted by Gasteiger charge is -2.37. The number of hydrogen-bond donors (Lipinski definition) is 1. The molecule has 4 aromatic heterocycles. The number of carbonyl (C=O) groups excluding carboxylic acids is 1. The van der Waals surface area contributed by atoms with Gasteiger partial charge in [0.2, 0.25) is 0 Å². The van der Waals surface area contributed by atoms with Gasteiger partial charge in [-0.15, -0.1) is 0 Å². The molecule has 0 aromatic carbocycles. The third kappa shape index (κ3) is 4.17. The molecule has 1 aliphatic rings. The lowest BCUT2D eigenvalue weighted by atomic mass is 9.90. The van der Waals surface area contributed by atoms with Gasteiger partial charge in [-0.05, 0) is 55.3 Å². The Labute approximate surface area is 190 Å². The lowest BCUT2D eigenvalue weighted by molar-refractivity contribution is 0.0144. The fourth-order valence-electron chi connectivity index (χ4n) is 4.50. The molecule has 1 fully saturated rings. The van der Waals surface area contributed by atoms with Crippen molar-refractivity contribution in [2.45, 2.75) is 44.4 Å². The van der Waals surface area contributed by atoms with Crippen molar-refractivity contribution < 1.29 is 9.90 Å². The van der Waals surface area contributed by atoms with E-state index in [1.165, 1.54) is 4.40 Å². The zero-order valence-corrected chi connectivity index (χ0v) is 18.1. The largest absolute Gasteiger partial charge is 0.391 e. The quantitative estimate of drug-likeness (QED) is 0.512. The van der Waals surface area contributed by atoms with Gasteiger partial charge in [0.25, 0.3) is 11.5 Å². The smallest absolute Gasteiger partial charge is 0.267 e. The highest BCUT2D eigenvalue weighted by atomic mass is 16.3. The molecule has 8 nitrogen and oxygen atoms in total. The van der Waals surface area contributed by atoms with Crippen molar-refractivity contribution >= 4 is 11.4 Å². The maximum atomic E-state index is 13.7. The van der Waals surface area contributed by atoms with Crippen LogP contribution in [0.15, 0.2) is 78.1 Å². The van der Waals surface area contributed by atoms with E-state index >= 15 is 0 Å². The maximum Gasteiger partial charge on any atom is 0.267 e. The highest BCUT2D eigenvalue weighted by Crippen LogP contribution is 2.26. The van der Waals surface area contributed by atoms with Crippen LogP contribution in [0.3, 0.4) is 0 Å². The van der Waals surface area contributed by atoms with Gasteiger partial charge < -0.3 is 10.0 Å². The number of hydrogen-bond acceptors (Lipinski definition) is 5. The van der Waals surface area contributed by atoms with Crippen LogP contribution in [-0.4, -0.2) is 47.2 Å². The first-order valence-electron chi connectivity index (χ1n) is 11.2. The molecule has 1 saturated carbocycles. The molecule has 1 N–H and O–H groups in total. The zero-order valence-electron chi connectivity index (χ0n) is 18.1. The van der Waals surface area contributed by atoms with E-state index in [4.69, 9.17) is 0 Å². The Hall–Kier alpha value is -3.78. The molecule has 0 radical (unpaired) electrons. The van der Waals surface area contributed by atoms with Crippen LogP contribution in [0.25, 0.3) is 11.2 Å². The minimum absolute atomic E-state index is 0.0876. The van der Waals surface area contributed by atoms with Crippen molar-refractivity contribution in [3.63, 3.8) is 0 Å². The van der Waals surface area contributed by atoms with Gasteiger partial charge in [0.1, 0.15) is 5.56 Å². The third-order valence-corrected chi connectivity index (χ3v) is 6.26. The summed E-state index contributed by atoms with van der Waals surface area (Å²) in [4.78, 5) is 32.9. The number of aromatic nitrogens is 4. The summed E-state index contributed by atoms with van der Waals surface area (Å²) in [7, 11) is 0. The second kappa shape index (κ2) is 8.99. The van der Waals surface area contributed by atoms with E-state index in [0.29, 0.717) is 18.5 Å². The van der Waals surface area contributed by atoms with Crippen molar-refractivity contribution in [3.05, 3.63) is 94.9 Å². The van der Waals surface area contributed by atoms with Crippen LogP contribution in [0.5, 0.6) is 0 Å². The number of rotatable bonds is 5. The molecule has 0 aliphatic heterocycles. The van der Waals surface area contributed by atoms with Gasteiger partial charge in [0.15, 0.2) is 0 Å². The molecule has 4 heterocycles. The molecule has 1 amide bonds. The number of carbonyl (C=O) groups is 1. The van der Waals surface area contributed by atoms with Gasteiger partial charge in [-0.3, -0.25) is 19.0 Å². The van der Waals surface area contributed by atoms with Crippen LogP contribution >= 0.6 is 0 Å². The van der Waals surface area contributed by atoms with Crippen LogP contribution < -0.4 is 5.56 Å². The second-order valence-electron chi connectivity index (χ2n) is 8.36. The number of fused-ring (bicyclic) bond motifs is 1. The normalized spacial score (nSPS) is 18.3. The van der Waals surface area contributed by atoms with Crippen molar-refractivity contribution in [2.24, 2.45) is 0 Å². The fourth-order valence-corrected chi connectivity index (χ4v) is 4.50.